The van der Waals surface area contributed by atoms with Crippen LogP contribution in [0.2, 0.25) is 0 Å². The third kappa shape index (κ3) is 7.71. The second-order valence-corrected chi connectivity index (χ2v) is 13.9. The van der Waals surface area contributed by atoms with Crippen LogP contribution >= 0.6 is 22.6 Å². The van der Waals surface area contributed by atoms with Gasteiger partial charge in [-0.15, -0.1) is 0 Å². The first-order valence-corrected chi connectivity index (χ1v) is 16.4. The van der Waals surface area contributed by atoms with Crippen molar-refractivity contribution in [1.82, 2.24) is 14.7 Å². The molecule has 2 heterocycles. The first-order chi connectivity index (χ1) is 18.0. The molecule has 5 aliphatic rings. The Kier molecular flexibility index (Phi) is 10.2. The number of hydrogen-bond acceptors (Lipinski definition) is 4. The molecule has 1 amide bonds. The Morgan fingerprint density at radius 1 is 0.946 bits per heavy atom. The van der Waals surface area contributed by atoms with Crippen LogP contribution in [0.4, 0.5) is 4.39 Å². The predicted molar refractivity (Wildman–Crippen MR) is 155 cm³/mol. The average Bonchev–Trinajstić information content (AvgIpc) is 2.93. The van der Waals surface area contributed by atoms with Crippen LogP contribution in [0.1, 0.15) is 83.5 Å². The zero-order chi connectivity index (χ0) is 25.6. The molecule has 0 aromatic heterocycles. The van der Waals surface area contributed by atoms with Crippen LogP contribution in [0.25, 0.3) is 0 Å². The predicted octanol–water partition coefficient (Wildman–Crippen LogP) is 6.09. The van der Waals surface area contributed by atoms with E-state index in [1.807, 2.05) is 0 Å². The van der Waals surface area contributed by atoms with Crippen LogP contribution in [-0.4, -0.2) is 82.5 Å². The molecule has 0 bridgehead atoms. The number of allylic oxidation sites excluding steroid dienone is 3. The lowest BCUT2D eigenvalue weighted by Gasteiger charge is -2.43. The zero-order valence-corrected chi connectivity index (χ0v) is 24.8. The van der Waals surface area contributed by atoms with Crippen molar-refractivity contribution in [1.29, 1.82) is 0 Å². The van der Waals surface area contributed by atoms with Crippen molar-refractivity contribution in [3.8, 4) is 0 Å². The van der Waals surface area contributed by atoms with E-state index in [0.717, 1.165) is 74.3 Å². The number of ether oxygens (including phenoxy) is 1. The highest BCUT2D eigenvalue weighted by atomic mass is 127. The van der Waals surface area contributed by atoms with Gasteiger partial charge in [-0.2, -0.15) is 0 Å². The highest BCUT2D eigenvalue weighted by molar-refractivity contribution is 14.1. The number of piperidine rings is 1. The summed E-state index contributed by atoms with van der Waals surface area (Å²) in [4.78, 5) is 20.3. The molecule has 5 nitrogen and oxygen atoms in total. The van der Waals surface area contributed by atoms with Crippen molar-refractivity contribution in [2.24, 2.45) is 11.8 Å². The topological polar surface area (TPSA) is 36.0 Å². The molecule has 2 saturated carbocycles. The zero-order valence-electron chi connectivity index (χ0n) is 22.6. The Labute approximate surface area is 237 Å². The number of halogens is 2. The molecule has 0 aromatic rings. The van der Waals surface area contributed by atoms with Crippen LogP contribution in [0.5, 0.6) is 0 Å². The quantitative estimate of drug-likeness (QED) is 0.253. The lowest BCUT2D eigenvalue weighted by Crippen LogP contribution is -2.55. The number of carbonyl (C=O) groups is 1. The fraction of sp³-hybridized carbons (Fsp3) is 0.833. The molecule has 3 atom stereocenters. The molecule has 208 valence electrons. The van der Waals surface area contributed by atoms with Crippen LogP contribution in [0, 0.1) is 11.8 Å². The van der Waals surface area contributed by atoms with E-state index in [1.165, 1.54) is 57.8 Å². The van der Waals surface area contributed by atoms with E-state index in [4.69, 9.17) is 4.74 Å². The number of rotatable bonds is 7. The average molecular weight is 628 g/mol. The highest BCUT2D eigenvalue weighted by Gasteiger charge is 2.36. The maximum absolute atomic E-state index is 13.9. The minimum absolute atomic E-state index is 0.0537. The lowest BCUT2D eigenvalue weighted by molar-refractivity contribution is -0.135. The summed E-state index contributed by atoms with van der Waals surface area (Å²) in [6.45, 7) is 6.32. The lowest BCUT2D eigenvalue weighted by atomic mass is 9.77. The molecule has 3 unspecified atom stereocenters. The third-order valence-corrected chi connectivity index (χ3v) is 10.8. The Balaban J connectivity index is 1.09. The summed E-state index contributed by atoms with van der Waals surface area (Å²) in [6, 6.07) is 0.725. The SMILES string of the molecule is O=C(CN1CCC(C(OC2=CCCC(F)=C2)C2CCCCC2)CC1)N1CCN(C2CCCC(I)C2)CC1. The molecule has 4 fully saturated rings. The van der Waals surface area contributed by atoms with E-state index in [2.05, 4.69) is 43.4 Å². The van der Waals surface area contributed by atoms with Crippen molar-refractivity contribution in [3.63, 3.8) is 0 Å². The number of likely N-dealkylation sites (tertiary alicyclic amines) is 1. The van der Waals surface area contributed by atoms with Gasteiger partial charge >= 0.3 is 0 Å². The molecule has 37 heavy (non-hydrogen) atoms. The van der Waals surface area contributed by atoms with Crippen LogP contribution in [0.3, 0.4) is 0 Å². The van der Waals surface area contributed by atoms with Gasteiger partial charge < -0.3 is 9.64 Å². The van der Waals surface area contributed by atoms with E-state index >= 15 is 0 Å². The van der Waals surface area contributed by atoms with Crippen molar-refractivity contribution < 1.29 is 13.9 Å². The molecular weight excluding hydrogens is 580 g/mol. The molecule has 0 radical (unpaired) electrons. The van der Waals surface area contributed by atoms with Gasteiger partial charge in [-0.05, 0) is 82.4 Å². The van der Waals surface area contributed by atoms with E-state index < -0.39 is 0 Å². The first kappa shape index (κ1) is 27.9. The number of carbonyl (C=O) groups excluding carboxylic acids is 1. The van der Waals surface area contributed by atoms with E-state index in [-0.39, 0.29) is 11.9 Å². The molecule has 7 heteroatoms. The summed E-state index contributed by atoms with van der Waals surface area (Å²) in [5, 5.41) is 0. The van der Waals surface area contributed by atoms with Crippen molar-refractivity contribution in [3.05, 3.63) is 23.7 Å². The Bertz CT molecular complexity index is 814. The van der Waals surface area contributed by atoms with Crippen molar-refractivity contribution in [2.75, 3.05) is 45.8 Å². The smallest absolute Gasteiger partial charge is 0.236 e. The summed E-state index contributed by atoms with van der Waals surface area (Å²) >= 11 is 2.62. The van der Waals surface area contributed by atoms with E-state index in [0.29, 0.717) is 30.7 Å². The third-order valence-electron chi connectivity index (χ3n) is 9.64. The Hall–Kier alpha value is -0.670. The van der Waals surface area contributed by atoms with Crippen LogP contribution < -0.4 is 0 Å². The molecule has 2 saturated heterocycles. The maximum atomic E-state index is 13.9. The summed E-state index contributed by atoms with van der Waals surface area (Å²) in [5.74, 6) is 2.07. The second kappa shape index (κ2) is 13.6. The number of nitrogens with zero attached hydrogens (tertiary/aromatic N) is 3. The molecule has 0 N–H and O–H groups in total. The van der Waals surface area contributed by atoms with Gasteiger partial charge in [0.1, 0.15) is 17.7 Å². The normalized spacial score (nSPS) is 30.5. The van der Waals surface area contributed by atoms with Gasteiger partial charge in [0.05, 0.1) is 6.54 Å². The minimum Gasteiger partial charge on any atom is -0.490 e. The summed E-state index contributed by atoms with van der Waals surface area (Å²) in [5.41, 5.74) is 0. The number of hydrogen-bond donors (Lipinski definition) is 0. The molecule has 5 rings (SSSR count). The van der Waals surface area contributed by atoms with Gasteiger partial charge in [0.2, 0.25) is 5.91 Å². The fourth-order valence-corrected chi connectivity index (χ4v) is 8.45. The van der Waals surface area contributed by atoms with Crippen LogP contribution in [-0.2, 0) is 9.53 Å². The van der Waals surface area contributed by atoms with Gasteiger partial charge in [0, 0.05) is 48.6 Å². The molecule has 0 spiro atoms. The standard InChI is InChI=1S/C30H47FIN3O2/c31-25-8-4-11-28(20-25)37-30(23-6-2-1-3-7-23)24-12-14-33(15-13-24)22-29(36)35-18-16-34(17-19-35)27-10-5-9-26(32)21-27/h11,20,23-24,26-27,30H,1-10,12-19,21-22H2. The van der Waals surface area contributed by atoms with Gasteiger partial charge in [0.25, 0.3) is 0 Å². The van der Waals surface area contributed by atoms with Gasteiger partial charge in [0.15, 0.2) is 0 Å². The van der Waals surface area contributed by atoms with Crippen molar-refractivity contribution >= 4 is 28.5 Å². The monoisotopic (exact) mass is 627 g/mol. The molecular formula is C30H47FIN3O2. The fourth-order valence-electron chi connectivity index (χ4n) is 7.42. The molecule has 2 aliphatic heterocycles. The van der Waals surface area contributed by atoms with Gasteiger partial charge in [-0.3, -0.25) is 14.6 Å². The molecule has 0 aromatic carbocycles. The number of alkyl halides is 1. The first-order valence-electron chi connectivity index (χ1n) is 15.2. The Morgan fingerprint density at radius 2 is 1.68 bits per heavy atom. The maximum Gasteiger partial charge on any atom is 0.236 e. The second-order valence-electron chi connectivity index (χ2n) is 12.2. The number of piperazine rings is 1. The number of amides is 1. The van der Waals surface area contributed by atoms with Crippen LogP contribution in [0.15, 0.2) is 23.7 Å². The molecule has 3 aliphatic carbocycles. The minimum atomic E-state index is -0.0537. The largest absolute Gasteiger partial charge is 0.490 e. The van der Waals surface area contributed by atoms with Gasteiger partial charge in [-0.25, -0.2) is 4.39 Å². The van der Waals surface area contributed by atoms with E-state index in [1.54, 1.807) is 6.08 Å². The van der Waals surface area contributed by atoms with Gasteiger partial charge in [-0.1, -0.05) is 48.3 Å². The Morgan fingerprint density at radius 3 is 2.38 bits per heavy atom. The van der Waals surface area contributed by atoms with E-state index in [9.17, 15) is 9.18 Å². The van der Waals surface area contributed by atoms with Crippen molar-refractivity contribution in [2.45, 2.75) is 99.5 Å². The highest BCUT2D eigenvalue weighted by Crippen LogP contribution is 2.37. The summed E-state index contributed by atoms with van der Waals surface area (Å²) in [6.07, 6.45) is 19.0. The summed E-state index contributed by atoms with van der Waals surface area (Å²) < 4.78 is 21.3. The summed E-state index contributed by atoms with van der Waals surface area (Å²) in [7, 11) is 0.